The molecule has 0 radical (unpaired) electrons. The number of nitrogens with zero attached hydrogens (tertiary/aromatic N) is 1. The van der Waals surface area contributed by atoms with Crippen molar-refractivity contribution in [2.24, 2.45) is 0 Å². The van der Waals surface area contributed by atoms with E-state index in [9.17, 15) is 0 Å². The van der Waals surface area contributed by atoms with Crippen molar-refractivity contribution in [1.82, 2.24) is 10.3 Å². The van der Waals surface area contributed by atoms with Gasteiger partial charge in [-0.2, -0.15) is 0 Å². The van der Waals surface area contributed by atoms with Crippen LogP contribution in [0.1, 0.15) is 51.0 Å². The Bertz CT molecular complexity index is 459. The molecule has 0 aliphatic rings. The van der Waals surface area contributed by atoms with Gasteiger partial charge in [0.25, 0.3) is 0 Å². The Labute approximate surface area is 120 Å². The second-order valence-electron chi connectivity index (χ2n) is 5.08. The summed E-state index contributed by atoms with van der Waals surface area (Å²) in [6.07, 6.45) is 6.40. The number of unbranched alkanes of at least 4 members (excludes halogenated alkanes) is 1. The number of hydrogen-bond donors (Lipinski definition) is 1. The van der Waals surface area contributed by atoms with Gasteiger partial charge in [-0.3, -0.25) is 0 Å². The van der Waals surface area contributed by atoms with Crippen LogP contribution in [0, 0.1) is 0 Å². The van der Waals surface area contributed by atoms with E-state index >= 15 is 0 Å². The maximum Gasteiger partial charge on any atom is 0.108 e. The molecule has 3 heteroatoms. The molecule has 0 aliphatic heterocycles. The van der Waals surface area contributed by atoms with Gasteiger partial charge in [-0.25, -0.2) is 4.98 Å². The maximum absolute atomic E-state index is 4.68. The van der Waals surface area contributed by atoms with Gasteiger partial charge in [0.15, 0.2) is 0 Å². The molecule has 1 heterocycles. The first-order valence-corrected chi connectivity index (χ1v) is 8.23. The summed E-state index contributed by atoms with van der Waals surface area (Å²) < 4.78 is 1.29. The second-order valence-corrected chi connectivity index (χ2v) is 6.20. The summed E-state index contributed by atoms with van der Waals surface area (Å²) in [6.45, 7) is 5.43. The number of aromatic nitrogens is 1. The lowest BCUT2D eigenvalue weighted by Crippen LogP contribution is -2.28. The molecular weight excluding hydrogens is 252 g/mol. The lowest BCUT2D eigenvalue weighted by Gasteiger charge is -2.16. The fourth-order valence-electron chi connectivity index (χ4n) is 2.37. The Balaban J connectivity index is 1.91. The molecule has 2 nitrogen and oxygen atoms in total. The van der Waals surface area contributed by atoms with Crippen molar-refractivity contribution in [3.05, 3.63) is 29.3 Å². The molecule has 1 aromatic heterocycles. The number of hydrogen-bond acceptors (Lipinski definition) is 3. The number of nitrogens with one attached hydrogen (secondary N) is 1. The molecule has 0 fully saturated rings. The summed E-state index contributed by atoms with van der Waals surface area (Å²) in [5.74, 6) is 0. The largest absolute Gasteiger partial charge is 0.308 e. The van der Waals surface area contributed by atoms with Crippen LogP contribution >= 0.6 is 11.3 Å². The molecule has 0 spiro atoms. The van der Waals surface area contributed by atoms with E-state index in [-0.39, 0.29) is 0 Å². The van der Waals surface area contributed by atoms with Gasteiger partial charge >= 0.3 is 0 Å². The Kier molecular flexibility index (Phi) is 5.80. The van der Waals surface area contributed by atoms with Crippen molar-refractivity contribution in [2.45, 2.75) is 58.5 Å². The molecular formula is C16H24N2S. The van der Waals surface area contributed by atoms with Crippen LogP contribution in [0.25, 0.3) is 10.2 Å². The van der Waals surface area contributed by atoms with Gasteiger partial charge in [-0.1, -0.05) is 45.2 Å². The molecule has 0 aliphatic carbocycles. The quantitative estimate of drug-likeness (QED) is 0.753. The highest BCUT2D eigenvalue weighted by Gasteiger charge is 2.08. The zero-order valence-corrected chi connectivity index (χ0v) is 12.8. The topological polar surface area (TPSA) is 24.9 Å². The summed E-state index contributed by atoms with van der Waals surface area (Å²) in [6, 6.07) is 9.03. The summed E-state index contributed by atoms with van der Waals surface area (Å²) in [4.78, 5) is 4.68. The minimum atomic E-state index is 0.650. The highest BCUT2D eigenvalue weighted by atomic mass is 32.1. The number of fused-ring (bicyclic) bond motifs is 1. The fourth-order valence-corrected chi connectivity index (χ4v) is 3.29. The predicted octanol–water partition coefficient (Wildman–Crippen LogP) is 4.74. The molecule has 2 aromatic rings. The number of rotatable bonds is 8. The summed E-state index contributed by atoms with van der Waals surface area (Å²) >= 11 is 1.81. The van der Waals surface area contributed by atoms with E-state index in [0.717, 1.165) is 12.1 Å². The van der Waals surface area contributed by atoms with Crippen LogP contribution in [-0.2, 0) is 6.54 Å². The van der Waals surface area contributed by atoms with Crippen molar-refractivity contribution >= 4 is 21.6 Å². The van der Waals surface area contributed by atoms with Crippen LogP contribution in [-0.4, -0.2) is 11.0 Å². The van der Waals surface area contributed by atoms with Crippen LogP contribution in [0.2, 0.25) is 0 Å². The Morgan fingerprint density at radius 2 is 2.00 bits per heavy atom. The zero-order chi connectivity index (χ0) is 13.5. The van der Waals surface area contributed by atoms with E-state index in [1.807, 2.05) is 11.3 Å². The van der Waals surface area contributed by atoms with Crippen molar-refractivity contribution in [3.63, 3.8) is 0 Å². The van der Waals surface area contributed by atoms with Crippen molar-refractivity contribution in [1.29, 1.82) is 0 Å². The third-order valence-corrected chi connectivity index (χ3v) is 4.46. The van der Waals surface area contributed by atoms with E-state index < -0.39 is 0 Å². The average molecular weight is 276 g/mol. The normalized spacial score (nSPS) is 12.9. The molecule has 0 saturated carbocycles. The van der Waals surface area contributed by atoms with Crippen LogP contribution in [0.4, 0.5) is 0 Å². The molecule has 1 atom stereocenters. The summed E-state index contributed by atoms with van der Waals surface area (Å²) in [7, 11) is 0. The van der Waals surface area contributed by atoms with Crippen molar-refractivity contribution in [2.75, 3.05) is 0 Å². The first-order chi connectivity index (χ1) is 9.33. The van der Waals surface area contributed by atoms with E-state index in [1.165, 1.54) is 41.8 Å². The molecule has 2 rings (SSSR count). The molecule has 0 amide bonds. The van der Waals surface area contributed by atoms with Gasteiger partial charge < -0.3 is 5.32 Å². The lowest BCUT2D eigenvalue weighted by atomic mass is 10.1. The zero-order valence-electron chi connectivity index (χ0n) is 12.0. The number of benzene rings is 1. The van der Waals surface area contributed by atoms with Gasteiger partial charge in [0, 0.05) is 12.6 Å². The Hall–Kier alpha value is -0.930. The van der Waals surface area contributed by atoms with Gasteiger partial charge in [-0.05, 0) is 25.0 Å². The van der Waals surface area contributed by atoms with E-state index in [1.54, 1.807) is 0 Å². The highest BCUT2D eigenvalue weighted by molar-refractivity contribution is 7.18. The third kappa shape index (κ3) is 4.29. The predicted molar refractivity (Wildman–Crippen MR) is 84.7 cm³/mol. The Morgan fingerprint density at radius 1 is 1.16 bits per heavy atom. The first-order valence-electron chi connectivity index (χ1n) is 7.41. The van der Waals surface area contributed by atoms with E-state index in [4.69, 9.17) is 0 Å². The van der Waals surface area contributed by atoms with Gasteiger partial charge in [0.05, 0.1) is 10.2 Å². The Morgan fingerprint density at radius 3 is 2.74 bits per heavy atom. The molecule has 0 bridgehead atoms. The van der Waals surface area contributed by atoms with Crippen LogP contribution in [0.15, 0.2) is 24.3 Å². The molecule has 1 aromatic carbocycles. The van der Waals surface area contributed by atoms with Crippen molar-refractivity contribution in [3.8, 4) is 0 Å². The minimum Gasteiger partial charge on any atom is -0.308 e. The minimum absolute atomic E-state index is 0.650. The smallest absolute Gasteiger partial charge is 0.108 e. The molecule has 104 valence electrons. The van der Waals surface area contributed by atoms with E-state index in [2.05, 4.69) is 48.4 Å². The molecule has 1 unspecified atom stereocenters. The second kappa shape index (κ2) is 7.61. The number of thiazole rings is 1. The van der Waals surface area contributed by atoms with E-state index in [0.29, 0.717) is 6.04 Å². The SMILES string of the molecule is CCCCC(CCC)NCc1nc2ccccc2s1. The van der Waals surface area contributed by atoms with Crippen molar-refractivity contribution < 1.29 is 0 Å². The fraction of sp³-hybridized carbons (Fsp3) is 0.562. The molecule has 0 saturated heterocycles. The van der Waals surface area contributed by atoms with Gasteiger partial charge in [0.2, 0.25) is 0 Å². The highest BCUT2D eigenvalue weighted by Crippen LogP contribution is 2.21. The average Bonchev–Trinajstić information content (AvgIpc) is 2.84. The maximum atomic E-state index is 4.68. The first kappa shape index (κ1) is 14.5. The van der Waals surface area contributed by atoms with Crippen LogP contribution < -0.4 is 5.32 Å². The monoisotopic (exact) mass is 276 g/mol. The molecule has 1 N–H and O–H groups in total. The molecule has 19 heavy (non-hydrogen) atoms. The lowest BCUT2D eigenvalue weighted by molar-refractivity contribution is 0.434. The van der Waals surface area contributed by atoms with Crippen LogP contribution in [0.3, 0.4) is 0 Å². The standard InChI is InChI=1S/C16H24N2S/c1-3-5-9-13(8-4-2)17-12-16-18-14-10-6-7-11-15(14)19-16/h6-7,10-11,13,17H,3-5,8-9,12H2,1-2H3. The summed E-state index contributed by atoms with van der Waals surface area (Å²) in [5.41, 5.74) is 1.13. The summed E-state index contributed by atoms with van der Waals surface area (Å²) in [5, 5.41) is 4.89. The third-order valence-electron chi connectivity index (χ3n) is 3.42. The van der Waals surface area contributed by atoms with Gasteiger partial charge in [0.1, 0.15) is 5.01 Å². The van der Waals surface area contributed by atoms with Crippen LogP contribution in [0.5, 0.6) is 0 Å². The number of para-hydroxylation sites is 1. The van der Waals surface area contributed by atoms with Gasteiger partial charge in [-0.15, -0.1) is 11.3 Å².